The predicted octanol–water partition coefficient (Wildman–Crippen LogP) is 1.52. The predicted molar refractivity (Wildman–Crippen MR) is 43.3 cm³/mol. The molecule has 0 aromatic rings. The summed E-state index contributed by atoms with van der Waals surface area (Å²) in [7, 11) is 0. The Morgan fingerprint density at radius 3 is 2.36 bits per heavy atom. The lowest BCUT2D eigenvalue weighted by molar-refractivity contribution is -0.131. The summed E-state index contributed by atoms with van der Waals surface area (Å²) in [5, 5.41) is 9.02. The Morgan fingerprint density at radius 1 is 1.36 bits per heavy atom. The molecule has 1 fully saturated rings. The van der Waals surface area contributed by atoms with E-state index in [-0.39, 0.29) is 11.7 Å². The monoisotopic (exact) mass is 156 g/mol. The number of aliphatic hydroxyl groups excluding tert-OH is 1. The molecule has 64 valence electrons. The summed E-state index contributed by atoms with van der Waals surface area (Å²) in [5.41, 5.74) is 0. The van der Waals surface area contributed by atoms with E-state index in [4.69, 9.17) is 5.11 Å². The average Bonchev–Trinajstić information content (AvgIpc) is 2.05. The van der Waals surface area contributed by atoms with Crippen LogP contribution in [0.3, 0.4) is 0 Å². The van der Waals surface area contributed by atoms with Gasteiger partial charge < -0.3 is 5.11 Å². The molecule has 1 aliphatic rings. The van der Waals surface area contributed by atoms with E-state index >= 15 is 0 Å². The quantitative estimate of drug-likeness (QED) is 0.658. The highest BCUT2D eigenvalue weighted by molar-refractivity contribution is 5.84. The van der Waals surface area contributed by atoms with Crippen molar-refractivity contribution >= 4 is 5.78 Å². The number of hydrogen-bond donors (Lipinski definition) is 1. The van der Waals surface area contributed by atoms with E-state index in [2.05, 4.69) is 0 Å². The zero-order valence-electron chi connectivity index (χ0n) is 7.05. The SMILES string of the molecule is C[C@@H](O)C(=O)C1CCCCC1. The highest BCUT2D eigenvalue weighted by Gasteiger charge is 2.23. The smallest absolute Gasteiger partial charge is 0.164 e. The van der Waals surface area contributed by atoms with Gasteiger partial charge in [-0.15, -0.1) is 0 Å². The van der Waals surface area contributed by atoms with E-state index in [9.17, 15) is 4.79 Å². The van der Waals surface area contributed by atoms with Crippen LogP contribution in [-0.4, -0.2) is 17.0 Å². The lowest BCUT2D eigenvalue weighted by Gasteiger charge is -2.21. The first kappa shape index (κ1) is 8.72. The summed E-state index contributed by atoms with van der Waals surface area (Å²) in [4.78, 5) is 11.2. The summed E-state index contributed by atoms with van der Waals surface area (Å²) in [5.74, 6) is 0.202. The van der Waals surface area contributed by atoms with Crippen molar-refractivity contribution in [3.8, 4) is 0 Å². The summed E-state index contributed by atoms with van der Waals surface area (Å²) >= 11 is 0. The van der Waals surface area contributed by atoms with Crippen LogP contribution >= 0.6 is 0 Å². The van der Waals surface area contributed by atoms with Gasteiger partial charge in [-0.2, -0.15) is 0 Å². The second-order valence-electron chi connectivity index (χ2n) is 3.41. The number of Topliss-reactive ketones (excluding diaryl/α,β-unsaturated/α-hetero) is 1. The third-order valence-corrected chi connectivity index (χ3v) is 2.42. The molecular weight excluding hydrogens is 140 g/mol. The average molecular weight is 156 g/mol. The molecule has 0 radical (unpaired) electrons. The van der Waals surface area contributed by atoms with Crippen molar-refractivity contribution in [2.24, 2.45) is 5.92 Å². The van der Waals surface area contributed by atoms with Crippen molar-refractivity contribution in [1.29, 1.82) is 0 Å². The molecule has 1 aliphatic carbocycles. The van der Waals surface area contributed by atoms with E-state index in [0.717, 1.165) is 25.7 Å². The van der Waals surface area contributed by atoms with E-state index in [1.807, 2.05) is 0 Å². The van der Waals surface area contributed by atoms with Crippen LogP contribution in [0, 0.1) is 5.92 Å². The molecule has 1 rings (SSSR count). The topological polar surface area (TPSA) is 37.3 Å². The summed E-state index contributed by atoms with van der Waals surface area (Å²) in [6.07, 6.45) is 4.79. The second kappa shape index (κ2) is 3.86. The first-order valence-corrected chi connectivity index (χ1v) is 4.43. The normalized spacial score (nSPS) is 23.1. The molecule has 0 bridgehead atoms. The van der Waals surface area contributed by atoms with Gasteiger partial charge in [-0.3, -0.25) is 4.79 Å². The molecule has 1 saturated carbocycles. The van der Waals surface area contributed by atoms with Crippen LogP contribution in [0.15, 0.2) is 0 Å². The zero-order valence-corrected chi connectivity index (χ0v) is 7.05. The van der Waals surface area contributed by atoms with Gasteiger partial charge in [0.2, 0.25) is 0 Å². The third-order valence-electron chi connectivity index (χ3n) is 2.42. The Morgan fingerprint density at radius 2 is 1.91 bits per heavy atom. The van der Waals surface area contributed by atoms with Crippen LogP contribution in [0.2, 0.25) is 0 Å². The molecule has 0 saturated heterocycles. The summed E-state index contributed by atoms with van der Waals surface area (Å²) in [6, 6.07) is 0. The van der Waals surface area contributed by atoms with Gasteiger partial charge >= 0.3 is 0 Å². The Hall–Kier alpha value is -0.370. The molecule has 0 spiro atoms. The molecule has 0 aromatic carbocycles. The van der Waals surface area contributed by atoms with Gasteiger partial charge in [0.1, 0.15) is 6.10 Å². The number of ketones is 1. The van der Waals surface area contributed by atoms with Gasteiger partial charge in [0.15, 0.2) is 5.78 Å². The third kappa shape index (κ3) is 2.29. The fourth-order valence-electron chi connectivity index (χ4n) is 1.73. The second-order valence-corrected chi connectivity index (χ2v) is 3.41. The van der Waals surface area contributed by atoms with Crippen LogP contribution in [0.5, 0.6) is 0 Å². The van der Waals surface area contributed by atoms with Crippen molar-refractivity contribution < 1.29 is 9.90 Å². The minimum absolute atomic E-state index is 0.0460. The highest BCUT2D eigenvalue weighted by Crippen LogP contribution is 2.24. The summed E-state index contributed by atoms with van der Waals surface area (Å²) in [6.45, 7) is 1.57. The van der Waals surface area contributed by atoms with Crippen molar-refractivity contribution in [2.75, 3.05) is 0 Å². The Labute approximate surface area is 67.6 Å². The van der Waals surface area contributed by atoms with Crippen LogP contribution in [0.25, 0.3) is 0 Å². The van der Waals surface area contributed by atoms with Crippen LogP contribution in [0.1, 0.15) is 39.0 Å². The first-order valence-electron chi connectivity index (χ1n) is 4.43. The fraction of sp³-hybridized carbons (Fsp3) is 0.889. The Bertz CT molecular complexity index is 134. The van der Waals surface area contributed by atoms with E-state index < -0.39 is 6.10 Å². The van der Waals surface area contributed by atoms with Gasteiger partial charge in [0, 0.05) is 5.92 Å². The zero-order chi connectivity index (χ0) is 8.27. The maximum atomic E-state index is 11.2. The van der Waals surface area contributed by atoms with E-state index in [0.29, 0.717) is 0 Å². The molecule has 0 amide bonds. The van der Waals surface area contributed by atoms with E-state index in [1.165, 1.54) is 6.42 Å². The van der Waals surface area contributed by atoms with Crippen molar-refractivity contribution in [2.45, 2.75) is 45.1 Å². The lowest BCUT2D eigenvalue weighted by Crippen LogP contribution is -2.27. The maximum absolute atomic E-state index is 11.2. The van der Waals surface area contributed by atoms with Gasteiger partial charge in [-0.25, -0.2) is 0 Å². The van der Waals surface area contributed by atoms with Crippen LogP contribution < -0.4 is 0 Å². The number of hydrogen-bond acceptors (Lipinski definition) is 2. The highest BCUT2D eigenvalue weighted by atomic mass is 16.3. The number of carbonyl (C=O) groups excluding carboxylic acids is 1. The molecule has 11 heavy (non-hydrogen) atoms. The molecule has 1 N–H and O–H groups in total. The Kier molecular flexibility index (Phi) is 3.06. The molecule has 0 aliphatic heterocycles. The maximum Gasteiger partial charge on any atom is 0.164 e. The number of carbonyl (C=O) groups is 1. The van der Waals surface area contributed by atoms with E-state index in [1.54, 1.807) is 6.92 Å². The van der Waals surface area contributed by atoms with Gasteiger partial charge in [0.05, 0.1) is 0 Å². The molecular formula is C9H16O2. The van der Waals surface area contributed by atoms with Crippen molar-refractivity contribution in [3.63, 3.8) is 0 Å². The van der Waals surface area contributed by atoms with Gasteiger partial charge in [-0.1, -0.05) is 19.3 Å². The fourth-order valence-corrected chi connectivity index (χ4v) is 1.73. The van der Waals surface area contributed by atoms with Gasteiger partial charge in [-0.05, 0) is 19.8 Å². The molecule has 0 heterocycles. The first-order chi connectivity index (χ1) is 5.22. The lowest BCUT2D eigenvalue weighted by atomic mass is 9.85. The molecule has 2 nitrogen and oxygen atoms in total. The molecule has 1 atom stereocenters. The standard InChI is InChI=1S/C9H16O2/c1-7(10)9(11)8-5-3-2-4-6-8/h7-8,10H,2-6H2,1H3/t7-/m1/s1. The number of aliphatic hydroxyl groups is 1. The minimum Gasteiger partial charge on any atom is -0.386 e. The largest absolute Gasteiger partial charge is 0.386 e. The number of rotatable bonds is 2. The minimum atomic E-state index is -0.752. The van der Waals surface area contributed by atoms with Crippen LogP contribution in [0.4, 0.5) is 0 Å². The van der Waals surface area contributed by atoms with Crippen molar-refractivity contribution in [3.05, 3.63) is 0 Å². The Balaban J connectivity index is 2.39. The summed E-state index contributed by atoms with van der Waals surface area (Å²) < 4.78 is 0. The molecule has 0 unspecified atom stereocenters. The molecule has 0 aromatic heterocycles. The van der Waals surface area contributed by atoms with Crippen LogP contribution in [-0.2, 0) is 4.79 Å². The van der Waals surface area contributed by atoms with Crippen molar-refractivity contribution in [1.82, 2.24) is 0 Å². The van der Waals surface area contributed by atoms with Gasteiger partial charge in [0.25, 0.3) is 0 Å². The molecule has 2 heteroatoms.